The zero-order chi connectivity index (χ0) is 7.11. The Balaban J connectivity index is 3.17. The second-order valence-corrected chi connectivity index (χ2v) is 1.90. The van der Waals surface area contributed by atoms with E-state index in [1.165, 1.54) is 0 Å². The van der Waals surface area contributed by atoms with Gasteiger partial charge >= 0.3 is 0 Å². The van der Waals surface area contributed by atoms with Gasteiger partial charge in [0.15, 0.2) is 0 Å². The van der Waals surface area contributed by atoms with Gasteiger partial charge in [-0.15, -0.1) is 0 Å². The van der Waals surface area contributed by atoms with E-state index < -0.39 is 0 Å². The molecule has 0 spiro atoms. The van der Waals surface area contributed by atoms with Crippen molar-refractivity contribution in [3.8, 4) is 6.07 Å². The van der Waals surface area contributed by atoms with E-state index in [2.05, 4.69) is 4.74 Å². The SMILES string of the molecule is CC(CC#N)COC=O. The highest BCUT2D eigenvalue weighted by atomic mass is 16.5. The van der Waals surface area contributed by atoms with Gasteiger partial charge < -0.3 is 4.74 Å². The average Bonchev–Trinajstić information content (AvgIpc) is 1.85. The summed E-state index contributed by atoms with van der Waals surface area (Å²) in [7, 11) is 0. The smallest absolute Gasteiger partial charge is 0.293 e. The Morgan fingerprint density at radius 2 is 2.56 bits per heavy atom. The first-order valence-electron chi connectivity index (χ1n) is 2.73. The van der Waals surface area contributed by atoms with E-state index in [0.717, 1.165) is 0 Å². The van der Waals surface area contributed by atoms with Crippen molar-refractivity contribution in [3.05, 3.63) is 0 Å². The molecule has 0 saturated heterocycles. The van der Waals surface area contributed by atoms with E-state index in [1.54, 1.807) is 0 Å². The van der Waals surface area contributed by atoms with Crippen molar-refractivity contribution >= 4 is 6.47 Å². The molecule has 0 aromatic carbocycles. The van der Waals surface area contributed by atoms with E-state index >= 15 is 0 Å². The van der Waals surface area contributed by atoms with Crippen molar-refractivity contribution in [3.63, 3.8) is 0 Å². The Morgan fingerprint density at radius 1 is 1.89 bits per heavy atom. The fourth-order valence-electron chi connectivity index (χ4n) is 0.418. The summed E-state index contributed by atoms with van der Waals surface area (Å²) in [5.74, 6) is 0.153. The lowest BCUT2D eigenvalue weighted by Crippen LogP contribution is -2.03. The van der Waals surface area contributed by atoms with Crippen LogP contribution in [-0.2, 0) is 9.53 Å². The summed E-state index contributed by atoms with van der Waals surface area (Å²) in [6.07, 6.45) is 0.438. The molecule has 0 aliphatic carbocycles. The molecular weight excluding hydrogens is 118 g/mol. The van der Waals surface area contributed by atoms with Crippen LogP contribution in [0, 0.1) is 17.2 Å². The fraction of sp³-hybridized carbons (Fsp3) is 0.667. The second-order valence-electron chi connectivity index (χ2n) is 1.90. The monoisotopic (exact) mass is 127 g/mol. The number of ether oxygens (including phenoxy) is 1. The van der Waals surface area contributed by atoms with Crippen LogP contribution in [0.15, 0.2) is 0 Å². The third-order valence-corrected chi connectivity index (χ3v) is 0.889. The van der Waals surface area contributed by atoms with Gasteiger partial charge in [0.2, 0.25) is 0 Å². The van der Waals surface area contributed by atoms with Crippen molar-refractivity contribution in [2.24, 2.45) is 5.92 Å². The third kappa shape index (κ3) is 4.82. The van der Waals surface area contributed by atoms with Crippen LogP contribution in [-0.4, -0.2) is 13.1 Å². The Morgan fingerprint density at radius 3 is 3.00 bits per heavy atom. The molecule has 0 amide bonds. The number of nitriles is 1. The van der Waals surface area contributed by atoms with Crippen LogP contribution >= 0.6 is 0 Å². The van der Waals surface area contributed by atoms with E-state index in [-0.39, 0.29) is 5.92 Å². The van der Waals surface area contributed by atoms with Crippen LogP contribution in [0.3, 0.4) is 0 Å². The highest BCUT2D eigenvalue weighted by Crippen LogP contribution is 1.98. The van der Waals surface area contributed by atoms with E-state index in [4.69, 9.17) is 5.26 Å². The predicted molar refractivity (Wildman–Crippen MR) is 31.4 cm³/mol. The number of carbonyl (C=O) groups excluding carboxylic acids is 1. The van der Waals surface area contributed by atoms with Crippen molar-refractivity contribution in [2.45, 2.75) is 13.3 Å². The molecular formula is C6H9NO2. The van der Waals surface area contributed by atoms with Crippen molar-refractivity contribution in [1.82, 2.24) is 0 Å². The zero-order valence-electron chi connectivity index (χ0n) is 5.33. The Labute approximate surface area is 54.2 Å². The maximum Gasteiger partial charge on any atom is 0.293 e. The largest absolute Gasteiger partial charge is 0.468 e. The Kier molecular flexibility index (Phi) is 4.51. The minimum absolute atomic E-state index is 0.153. The van der Waals surface area contributed by atoms with Crippen LogP contribution in [0.4, 0.5) is 0 Å². The molecule has 0 saturated carbocycles. The molecule has 3 heteroatoms. The van der Waals surface area contributed by atoms with Gasteiger partial charge in [-0.2, -0.15) is 5.26 Å². The first kappa shape index (κ1) is 7.96. The first-order chi connectivity index (χ1) is 4.31. The van der Waals surface area contributed by atoms with Gasteiger partial charge in [0.1, 0.15) is 0 Å². The van der Waals surface area contributed by atoms with Crippen LogP contribution in [0.1, 0.15) is 13.3 Å². The highest BCUT2D eigenvalue weighted by molar-refractivity contribution is 5.36. The van der Waals surface area contributed by atoms with Crippen LogP contribution in [0.25, 0.3) is 0 Å². The summed E-state index contributed by atoms with van der Waals surface area (Å²) >= 11 is 0. The van der Waals surface area contributed by atoms with Gasteiger partial charge in [0.25, 0.3) is 6.47 Å². The standard InChI is InChI=1S/C6H9NO2/c1-6(2-3-7)4-9-5-8/h5-6H,2,4H2,1H3. The van der Waals surface area contributed by atoms with Gasteiger partial charge in [-0.3, -0.25) is 4.79 Å². The molecule has 0 N–H and O–H groups in total. The van der Waals surface area contributed by atoms with E-state index in [1.807, 2.05) is 13.0 Å². The average molecular weight is 127 g/mol. The Bertz CT molecular complexity index is 117. The van der Waals surface area contributed by atoms with Crippen molar-refractivity contribution < 1.29 is 9.53 Å². The maximum atomic E-state index is 9.61. The first-order valence-corrected chi connectivity index (χ1v) is 2.73. The quantitative estimate of drug-likeness (QED) is 0.522. The van der Waals surface area contributed by atoms with Crippen molar-refractivity contribution in [2.75, 3.05) is 6.61 Å². The molecule has 1 atom stereocenters. The van der Waals surface area contributed by atoms with Crippen LogP contribution in [0.2, 0.25) is 0 Å². The molecule has 0 heterocycles. The summed E-state index contributed by atoms with van der Waals surface area (Å²) in [4.78, 5) is 9.61. The molecule has 0 fully saturated rings. The van der Waals surface area contributed by atoms with Crippen LogP contribution in [0.5, 0.6) is 0 Å². The molecule has 0 bridgehead atoms. The molecule has 0 aliphatic heterocycles. The molecule has 9 heavy (non-hydrogen) atoms. The van der Waals surface area contributed by atoms with Gasteiger partial charge in [-0.1, -0.05) is 6.92 Å². The highest BCUT2D eigenvalue weighted by Gasteiger charge is 1.98. The summed E-state index contributed by atoms with van der Waals surface area (Å²) in [6, 6.07) is 1.98. The summed E-state index contributed by atoms with van der Waals surface area (Å²) < 4.78 is 4.42. The minimum Gasteiger partial charge on any atom is -0.468 e. The molecule has 0 aromatic heterocycles. The van der Waals surface area contributed by atoms with Crippen LogP contribution < -0.4 is 0 Å². The lowest BCUT2D eigenvalue weighted by atomic mass is 10.1. The maximum absolute atomic E-state index is 9.61. The number of carbonyl (C=O) groups is 1. The summed E-state index contributed by atoms with van der Waals surface area (Å²) in [5, 5.41) is 8.14. The minimum atomic E-state index is 0.153. The van der Waals surface area contributed by atoms with Gasteiger partial charge in [-0.25, -0.2) is 0 Å². The van der Waals surface area contributed by atoms with E-state index in [0.29, 0.717) is 19.5 Å². The molecule has 0 aliphatic rings. The summed E-state index contributed by atoms with van der Waals surface area (Å²) in [6.45, 7) is 2.59. The number of hydrogen-bond acceptors (Lipinski definition) is 3. The molecule has 50 valence electrons. The molecule has 0 aromatic rings. The van der Waals surface area contributed by atoms with Gasteiger partial charge in [-0.05, 0) is 0 Å². The number of rotatable bonds is 4. The lowest BCUT2D eigenvalue weighted by Gasteiger charge is -2.02. The van der Waals surface area contributed by atoms with E-state index in [9.17, 15) is 4.79 Å². The van der Waals surface area contributed by atoms with Crippen molar-refractivity contribution in [1.29, 1.82) is 5.26 Å². The Hall–Kier alpha value is -1.04. The topological polar surface area (TPSA) is 50.1 Å². The number of hydrogen-bond donors (Lipinski definition) is 0. The number of nitrogens with zero attached hydrogens (tertiary/aromatic N) is 1. The second kappa shape index (κ2) is 5.10. The molecule has 0 rings (SSSR count). The fourth-order valence-corrected chi connectivity index (χ4v) is 0.418. The third-order valence-electron chi connectivity index (χ3n) is 0.889. The van der Waals surface area contributed by atoms with Gasteiger partial charge in [0.05, 0.1) is 12.7 Å². The molecule has 1 unspecified atom stereocenters. The lowest BCUT2D eigenvalue weighted by molar-refractivity contribution is -0.129. The molecule has 3 nitrogen and oxygen atoms in total. The van der Waals surface area contributed by atoms with Gasteiger partial charge in [0, 0.05) is 12.3 Å². The zero-order valence-corrected chi connectivity index (χ0v) is 5.33. The normalized spacial score (nSPS) is 11.6. The summed E-state index contributed by atoms with van der Waals surface area (Å²) in [5.41, 5.74) is 0. The molecule has 0 radical (unpaired) electrons. The predicted octanol–water partition coefficient (Wildman–Crippen LogP) is 0.709.